The van der Waals surface area contributed by atoms with E-state index in [1.54, 1.807) is 0 Å². The van der Waals surface area contributed by atoms with Crippen molar-refractivity contribution in [2.75, 3.05) is 11.1 Å². The average Bonchev–Trinajstić information content (AvgIpc) is 2.37. The van der Waals surface area contributed by atoms with Gasteiger partial charge in [-0.25, -0.2) is 9.97 Å². The minimum atomic E-state index is -4.44. The number of anilines is 3. The highest BCUT2D eigenvalue weighted by Crippen LogP contribution is 2.35. The largest absolute Gasteiger partial charge is 0.418 e. The number of nitrogens with two attached hydrogens (primary N) is 1. The molecule has 2 aromatic rings. The molecule has 0 saturated heterocycles. The predicted molar refractivity (Wildman–Crippen MR) is 75.2 cm³/mol. The van der Waals surface area contributed by atoms with Crippen LogP contribution >= 0.6 is 0 Å². The second kappa shape index (κ2) is 5.99. The van der Waals surface area contributed by atoms with Gasteiger partial charge in [0, 0.05) is 12.5 Å². The number of hydrogen-bond donors (Lipinski definition) is 2. The number of halogens is 3. The molecule has 1 aromatic carbocycles. The summed E-state index contributed by atoms with van der Waals surface area (Å²) in [6.07, 6.45) is -3.00. The summed E-state index contributed by atoms with van der Waals surface area (Å²) in [5.74, 6) is 0.979. The van der Waals surface area contributed by atoms with E-state index in [0.29, 0.717) is 12.2 Å². The Bertz CT molecular complexity index is 626. The zero-order valence-electron chi connectivity index (χ0n) is 11.4. The minimum absolute atomic E-state index is 0.0643. The van der Waals surface area contributed by atoms with Crippen LogP contribution in [0, 0.1) is 0 Å². The van der Waals surface area contributed by atoms with E-state index in [2.05, 4.69) is 15.3 Å². The van der Waals surface area contributed by atoms with E-state index in [9.17, 15) is 13.2 Å². The van der Waals surface area contributed by atoms with Crippen LogP contribution < -0.4 is 11.1 Å². The maximum Gasteiger partial charge on any atom is 0.418 e. The summed E-state index contributed by atoms with van der Waals surface area (Å²) < 4.78 is 38.8. The lowest BCUT2D eigenvalue weighted by Crippen LogP contribution is -2.10. The number of nitrogens with one attached hydrogen (secondary N) is 1. The van der Waals surface area contributed by atoms with Crippen molar-refractivity contribution in [1.82, 2.24) is 9.97 Å². The molecule has 4 nitrogen and oxygen atoms in total. The Hall–Kier alpha value is -2.31. The molecule has 0 spiro atoms. The van der Waals surface area contributed by atoms with Crippen LogP contribution in [0.1, 0.15) is 24.7 Å². The molecule has 0 amide bonds. The molecule has 0 aliphatic carbocycles. The molecule has 1 aromatic heterocycles. The molecule has 0 bridgehead atoms. The zero-order chi connectivity index (χ0) is 15.5. The van der Waals surface area contributed by atoms with Crippen LogP contribution in [0.3, 0.4) is 0 Å². The molecular weight excluding hydrogens is 281 g/mol. The summed E-state index contributed by atoms with van der Waals surface area (Å²) in [7, 11) is 0. The lowest BCUT2D eigenvalue weighted by molar-refractivity contribution is -0.136. The Labute approximate surface area is 120 Å². The van der Waals surface area contributed by atoms with Gasteiger partial charge in [-0.3, -0.25) is 0 Å². The van der Waals surface area contributed by atoms with Gasteiger partial charge in [0.1, 0.15) is 17.5 Å². The van der Waals surface area contributed by atoms with Gasteiger partial charge in [-0.15, -0.1) is 0 Å². The van der Waals surface area contributed by atoms with E-state index >= 15 is 0 Å². The van der Waals surface area contributed by atoms with Crippen molar-refractivity contribution in [3.63, 3.8) is 0 Å². The van der Waals surface area contributed by atoms with Crippen LogP contribution in [0.2, 0.25) is 0 Å². The van der Waals surface area contributed by atoms with E-state index in [1.807, 2.05) is 6.92 Å². The quantitative estimate of drug-likeness (QED) is 0.901. The predicted octanol–water partition coefficient (Wildman–Crippen LogP) is 3.77. The Morgan fingerprint density at radius 1 is 1.19 bits per heavy atom. The Morgan fingerprint density at radius 2 is 1.90 bits per heavy atom. The highest BCUT2D eigenvalue weighted by molar-refractivity contribution is 5.62. The number of aryl methyl sites for hydroxylation is 1. The van der Waals surface area contributed by atoms with Crippen molar-refractivity contribution in [3.8, 4) is 0 Å². The molecule has 0 unspecified atom stereocenters. The Kier molecular flexibility index (Phi) is 4.30. The average molecular weight is 296 g/mol. The summed E-state index contributed by atoms with van der Waals surface area (Å²) in [5.41, 5.74) is 4.84. The fourth-order valence-corrected chi connectivity index (χ4v) is 1.89. The fourth-order valence-electron chi connectivity index (χ4n) is 1.89. The molecule has 0 aliphatic rings. The lowest BCUT2D eigenvalue weighted by Gasteiger charge is -2.14. The highest BCUT2D eigenvalue weighted by atomic mass is 19.4. The molecular formula is C14H15F3N4. The molecule has 7 heteroatoms. The third-order valence-electron chi connectivity index (χ3n) is 2.76. The standard InChI is InChI=1S/C14H15F3N4/c1-2-5-12-20-11(18)8-13(21-12)19-10-7-4-3-6-9(10)14(15,16)17/h3-4,6-8H,2,5H2,1H3,(H3,18,19,20,21). The van der Waals surface area contributed by atoms with Crippen LogP contribution in [0.5, 0.6) is 0 Å². The number of nitrogens with zero attached hydrogens (tertiary/aromatic N) is 2. The van der Waals surface area contributed by atoms with Crippen molar-refractivity contribution < 1.29 is 13.2 Å². The van der Waals surface area contributed by atoms with Crippen molar-refractivity contribution in [3.05, 3.63) is 41.7 Å². The maximum absolute atomic E-state index is 12.9. The summed E-state index contributed by atoms with van der Waals surface area (Å²) in [4.78, 5) is 8.21. The number of nitrogen functional groups attached to an aromatic ring is 1. The van der Waals surface area contributed by atoms with E-state index in [-0.39, 0.29) is 17.3 Å². The molecule has 0 saturated carbocycles. The van der Waals surface area contributed by atoms with Crippen molar-refractivity contribution in [2.45, 2.75) is 25.9 Å². The molecule has 112 valence electrons. The SMILES string of the molecule is CCCc1nc(N)cc(Nc2ccccc2C(F)(F)F)n1. The first kappa shape index (κ1) is 15.1. The van der Waals surface area contributed by atoms with E-state index < -0.39 is 11.7 Å². The zero-order valence-corrected chi connectivity index (χ0v) is 11.4. The topological polar surface area (TPSA) is 63.8 Å². The number of rotatable bonds is 4. The van der Waals surface area contributed by atoms with Crippen LogP contribution in [0.4, 0.5) is 30.5 Å². The van der Waals surface area contributed by atoms with Gasteiger partial charge in [0.25, 0.3) is 0 Å². The number of aromatic nitrogens is 2. The van der Waals surface area contributed by atoms with Gasteiger partial charge in [0.15, 0.2) is 0 Å². The number of para-hydroxylation sites is 1. The molecule has 0 fully saturated rings. The Morgan fingerprint density at radius 3 is 2.57 bits per heavy atom. The van der Waals surface area contributed by atoms with Gasteiger partial charge in [-0.05, 0) is 18.6 Å². The summed E-state index contributed by atoms with van der Waals surface area (Å²) >= 11 is 0. The number of alkyl halides is 3. The van der Waals surface area contributed by atoms with Gasteiger partial charge in [-0.2, -0.15) is 13.2 Å². The van der Waals surface area contributed by atoms with Crippen molar-refractivity contribution >= 4 is 17.3 Å². The van der Waals surface area contributed by atoms with Gasteiger partial charge in [-0.1, -0.05) is 19.1 Å². The molecule has 21 heavy (non-hydrogen) atoms. The second-order valence-corrected chi connectivity index (χ2v) is 4.51. The highest BCUT2D eigenvalue weighted by Gasteiger charge is 2.33. The maximum atomic E-state index is 12.9. The molecule has 0 radical (unpaired) electrons. The van der Waals surface area contributed by atoms with Crippen molar-refractivity contribution in [2.24, 2.45) is 0 Å². The van der Waals surface area contributed by atoms with Crippen LogP contribution in [0.15, 0.2) is 30.3 Å². The molecule has 0 atom stereocenters. The van der Waals surface area contributed by atoms with Gasteiger partial charge in [0.2, 0.25) is 0 Å². The fraction of sp³-hybridized carbons (Fsp3) is 0.286. The van der Waals surface area contributed by atoms with E-state index in [0.717, 1.165) is 12.5 Å². The third-order valence-corrected chi connectivity index (χ3v) is 2.76. The lowest BCUT2D eigenvalue weighted by atomic mass is 10.1. The molecule has 0 aliphatic heterocycles. The first-order valence-corrected chi connectivity index (χ1v) is 6.47. The van der Waals surface area contributed by atoms with E-state index in [4.69, 9.17) is 5.73 Å². The normalized spacial score (nSPS) is 11.4. The van der Waals surface area contributed by atoms with Crippen LogP contribution in [-0.2, 0) is 12.6 Å². The summed E-state index contributed by atoms with van der Waals surface area (Å²) in [5, 5.41) is 2.67. The second-order valence-electron chi connectivity index (χ2n) is 4.51. The molecule has 2 rings (SSSR count). The monoisotopic (exact) mass is 296 g/mol. The van der Waals surface area contributed by atoms with Gasteiger partial charge in [0.05, 0.1) is 11.3 Å². The van der Waals surface area contributed by atoms with Crippen LogP contribution in [0.25, 0.3) is 0 Å². The first-order valence-electron chi connectivity index (χ1n) is 6.47. The summed E-state index contributed by atoms with van der Waals surface area (Å²) in [6.45, 7) is 1.96. The number of hydrogen-bond acceptors (Lipinski definition) is 4. The molecule has 1 heterocycles. The smallest absolute Gasteiger partial charge is 0.384 e. The number of benzene rings is 1. The van der Waals surface area contributed by atoms with Crippen molar-refractivity contribution in [1.29, 1.82) is 0 Å². The first-order chi connectivity index (χ1) is 9.90. The Balaban J connectivity index is 2.35. The third kappa shape index (κ3) is 3.84. The van der Waals surface area contributed by atoms with Gasteiger partial charge < -0.3 is 11.1 Å². The van der Waals surface area contributed by atoms with Crippen LogP contribution in [-0.4, -0.2) is 9.97 Å². The van der Waals surface area contributed by atoms with E-state index in [1.165, 1.54) is 24.3 Å². The minimum Gasteiger partial charge on any atom is -0.384 e. The summed E-state index contributed by atoms with van der Waals surface area (Å²) in [6, 6.07) is 6.63. The molecule has 3 N–H and O–H groups in total. The van der Waals surface area contributed by atoms with Gasteiger partial charge >= 0.3 is 6.18 Å².